The number of benzene rings is 2. The Morgan fingerprint density at radius 1 is 1.19 bits per heavy atom. The van der Waals surface area contributed by atoms with E-state index >= 15 is 0 Å². The summed E-state index contributed by atoms with van der Waals surface area (Å²) in [7, 11) is 0. The predicted octanol–water partition coefficient (Wildman–Crippen LogP) is 3.36. The summed E-state index contributed by atoms with van der Waals surface area (Å²) in [6.07, 6.45) is 1.69. The predicted molar refractivity (Wildman–Crippen MR) is 99.5 cm³/mol. The Labute approximate surface area is 152 Å². The Kier molecular flexibility index (Phi) is 5.53. The minimum absolute atomic E-state index is 0.294. The molecule has 0 saturated heterocycles. The van der Waals surface area contributed by atoms with E-state index in [0.717, 1.165) is 24.0 Å². The minimum Gasteiger partial charge on any atom is -0.462 e. The van der Waals surface area contributed by atoms with Gasteiger partial charge in [0.05, 0.1) is 18.3 Å². The molecule has 3 N–H and O–H groups in total. The Morgan fingerprint density at radius 2 is 2.00 bits per heavy atom. The molecule has 6 heteroatoms. The van der Waals surface area contributed by atoms with Crippen LogP contribution in [0.1, 0.15) is 34.8 Å². The fourth-order valence-electron chi connectivity index (χ4n) is 3.11. The van der Waals surface area contributed by atoms with Crippen LogP contribution in [-0.4, -0.2) is 29.8 Å². The van der Waals surface area contributed by atoms with Gasteiger partial charge in [-0.1, -0.05) is 18.2 Å². The number of carbonyl (C=O) groups is 2. The molecule has 0 fully saturated rings. The summed E-state index contributed by atoms with van der Waals surface area (Å²) in [6, 6.07) is 11.9. The first-order valence-electron chi connectivity index (χ1n) is 8.71. The topological polar surface area (TPSA) is 87.7 Å². The molecule has 136 valence electrons. The molecule has 2 aromatic rings. The molecule has 2 amide bonds. The second-order valence-electron chi connectivity index (χ2n) is 6.22. The van der Waals surface area contributed by atoms with Crippen molar-refractivity contribution < 1.29 is 19.4 Å². The molecule has 1 atom stereocenters. The van der Waals surface area contributed by atoms with E-state index in [0.29, 0.717) is 30.0 Å². The van der Waals surface area contributed by atoms with Gasteiger partial charge in [0.1, 0.15) is 0 Å². The lowest BCUT2D eigenvalue weighted by molar-refractivity contribution is 0.0526. The van der Waals surface area contributed by atoms with Gasteiger partial charge in [-0.25, -0.2) is 9.59 Å². The number of hydrogen-bond acceptors (Lipinski definition) is 4. The summed E-state index contributed by atoms with van der Waals surface area (Å²) in [5.74, 6) is -0.428. The van der Waals surface area contributed by atoms with Crippen molar-refractivity contribution in [2.45, 2.75) is 32.3 Å². The number of aliphatic hydroxyl groups is 1. The third kappa shape index (κ3) is 4.21. The van der Waals surface area contributed by atoms with Crippen LogP contribution in [0.3, 0.4) is 0 Å². The number of rotatable bonds is 4. The molecule has 2 aromatic carbocycles. The minimum atomic E-state index is -0.428. The number of hydrogen-bond donors (Lipinski definition) is 3. The zero-order valence-corrected chi connectivity index (χ0v) is 14.6. The molecule has 0 heterocycles. The number of carbonyl (C=O) groups excluding carboxylic acids is 2. The normalized spacial score (nSPS) is 15.7. The number of anilines is 2. The fourth-order valence-corrected chi connectivity index (χ4v) is 3.11. The van der Waals surface area contributed by atoms with Crippen molar-refractivity contribution in [1.29, 1.82) is 0 Å². The zero-order valence-electron chi connectivity index (χ0n) is 14.6. The van der Waals surface area contributed by atoms with E-state index in [4.69, 9.17) is 4.74 Å². The van der Waals surface area contributed by atoms with Crippen molar-refractivity contribution in [2.24, 2.45) is 0 Å². The lowest BCUT2D eigenvalue weighted by Gasteiger charge is -2.23. The van der Waals surface area contributed by atoms with Gasteiger partial charge < -0.3 is 20.5 Å². The highest BCUT2D eigenvalue weighted by Crippen LogP contribution is 2.28. The third-order valence-corrected chi connectivity index (χ3v) is 4.34. The highest BCUT2D eigenvalue weighted by atomic mass is 16.5. The number of urea groups is 1. The Hall–Kier alpha value is -2.86. The average Bonchev–Trinajstić information content (AvgIpc) is 2.62. The maximum Gasteiger partial charge on any atom is 0.338 e. The number of aliphatic hydroxyl groups excluding tert-OH is 1. The van der Waals surface area contributed by atoms with E-state index in [1.165, 1.54) is 0 Å². The van der Waals surface area contributed by atoms with E-state index < -0.39 is 12.0 Å². The number of ether oxygens (including phenoxy) is 1. The molecule has 0 radical (unpaired) electrons. The van der Waals surface area contributed by atoms with Crippen molar-refractivity contribution >= 4 is 23.4 Å². The van der Waals surface area contributed by atoms with Crippen molar-refractivity contribution in [1.82, 2.24) is 0 Å². The molecule has 1 unspecified atom stereocenters. The zero-order chi connectivity index (χ0) is 18.5. The van der Waals surface area contributed by atoms with Crippen LogP contribution < -0.4 is 10.6 Å². The number of amides is 2. The van der Waals surface area contributed by atoms with Crippen molar-refractivity contribution in [2.75, 3.05) is 17.2 Å². The van der Waals surface area contributed by atoms with Gasteiger partial charge in [0, 0.05) is 17.8 Å². The fraction of sp³-hybridized carbons (Fsp3) is 0.300. The van der Waals surface area contributed by atoms with E-state index in [9.17, 15) is 14.7 Å². The molecule has 3 rings (SSSR count). The summed E-state index contributed by atoms with van der Waals surface area (Å²) in [4.78, 5) is 24.1. The van der Waals surface area contributed by atoms with E-state index in [2.05, 4.69) is 10.6 Å². The molecule has 26 heavy (non-hydrogen) atoms. The first-order valence-corrected chi connectivity index (χ1v) is 8.71. The standard InChI is InChI=1S/C20H22N2O4/c1-2-26-19(24)14-6-3-7-15(11-14)21-20(25)22-18-8-4-5-13-9-10-16(23)12-17(13)18/h3-8,11,16,23H,2,9-10,12H2,1H3,(H2,21,22,25). The second kappa shape index (κ2) is 8.01. The van der Waals surface area contributed by atoms with Crippen LogP contribution in [0.15, 0.2) is 42.5 Å². The van der Waals surface area contributed by atoms with Gasteiger partial charge in [-0.05, 0) is 55.2 Å². The SMILES string of the molecule is CCOC(=O)c1cccc(NC(=O)Nc2cccc3c2CC(O)CC3)c1. The van der Waals surface area contributed by atoms with E-state index in [1.807, 2.05) is 18.2 Å². The molecule has 0 aromatic heterocycles. The maximum absolute atomic E-state index is 12.4. The van der Waals surface area contributed by atoms with Crippen molar-refractivity contribution in [3.63, 3.8) is 0 Å². The molecule has 0 saturated carbocycles. The van der Waals surface area contributed by atoms with Crippen molar-refractivity contribution in [3.8, 4) is 0 Å². The summed E-state index contributed by atoms with van der Waals surface area (Å²) in [5, 5.41) is 15.5. The molecule has 0 spiro atoms. The van der Waals surface area contributed by atoms with Crippen LogP contribution in [0.5, 0.6) is 0 Å². The number of fused-ring (bicyclic) bond motifs is 1. The lowest BCUT2D eigenvalue weighted by Crippen LogP contribution is -2.24. The quantitative estimate of drug-likeness (QED) is 0.735. The van der Waals surface area contributed by atoms with Gasteiger partial charge in [0.2, 0.25) is 0 Å². The van der Waals surface area contributed by atoms with Crippen LogP contribution in [0.25, 0.3) is 0 Å². The second-order valence-corrected chi connectivity index (χ2v) is 6.22. The Balaban J connectivity index is 1.70. The number of nitrogens with one attached hydrogen (secondary N) is 2. The average molecular weight is 354 g/mol. The molecule has 0 aliphatic heterocycles. The van der Waals surface area contributed by atoms with Gasteiger partial charge in [-0.2, -0.15) is 0 Å². The summed E-state index contributed by atoms with van der Waals surface area (Å²) in [5.41, 5.74) is 3.70. The monoisotopic (exact) mass is 354 g/mol. The third-order valence-electron chi connectivity index (χ3n) is 4.34. The molecular formula is C20H22N2O4. The molecule has 1 aliphatic rings. The van der Waals surface area contributed by atoms with E-state index in [-0.39, 0.29) is 6.10 Å². The highest BCUT2D eigenvalue weighted by molar-refractivity contribution is 6.01. The van der Waals surface area contributed by atoms with Crippen LogP contribution >= 0.6 is 0 Å². The van der Waals surface area contributed by atoms with E-state index in [1.54, 1.807) is 31.2 Å². The number of aryl methyl sites for hydroxylation is 1. The van der Waals surface area contributed by atoms with Gasteiger partial charge in [-0.15, -0.1) is 0 Å². The van der Waals surface area contributed by atoms with Gasteiger partial charge in [0.25, 0.3) is 0 Å². The number of esters is 1. The largest absolute Gasteiger partial charge is 0.462 e. The van der Waals surface area contributed by atoms with Gasteiger partial charge in [-0.3, -0.25) is 0 Å². The first kappa shape index (κ1) is 17.9. The Bertz CT molecular complexity index is 819. The van der Waals surface area contributed by atoms with Gasteiger partial charge >= 0.3 is 12.0 Å². The van der Waals surface area contributed by atoms with Crippen LogP contribution in [0.4, 0.5) is 16.2 Å². The molecule has 0 bridgehead atoms. The Morgan fingerprint density at radius 3 is 2.81 bits per heavy atom. The molecule has 1 aliphatic carbocycles. The maximum atomic E-state index is 12.4. The highest BCUT2D eigenvalue weighted by Gasteiger charge is 2.20. The van der Waals surface area contributed by atoms with Crippen LogP contribution in [0.2, 0.25) is 0 Å². The molecule has 6 nitrogen and oxygen atoms in total. The van der Waals surface area contributed by atoms with Crippen LogP contribution in [-0.2, 0) is 17.6 Å². The summed E-state index contributed by atoms with van der Waals surface area (Å²) in [6.45, 7) is 2.03. The van der Waals surface area contributed by atoms with Crippen LogP contribution in [0, 0.1) is 0 Å². The van der Waals surface area contributed by atoms with Crippen molar-refractivity contribution in [3.05, 3.63) is 59.2 Å². The summed E-state index contributed by atoms with van der Waals surface area (Å²) >= 11 is 0. The lowest BCUT2D eigenvalue weighted by atomic mass is 9.88. The smallest absolute Gasteiger partial charge is 0.338 e. The molecular weight excluding hydrogens is 332 g/mol. The first-order chi connectivity index (χ1) is 12.6. The summed E-state index contributed by atoms with van der Waals surface area (Å²) < 4.78 is 4.96. The van der Waals surface area contributed by atoms with Gasteiger partial charge in [0.15, 0.2) is 0 Å².